The topological polar surface area (TPSA) is 66.4 Å². The summed E-state index contributed by atoms with van der Waals surface area (Å²) in [6.07, 6.45) is 5.01. The van der Waals surface area contributed by atoms with Gasteiger partial charge in [-0.15, -0.1) is 0 Å². The van der Waals surface area contributed by atoms with E-state index in [1.807, 2.05) is 0 Å². The molecular formula is C16H18FNO3. The van der Waals surface area contributed by atoms with E-state index in [0.29, 0.717) is 11.6 Å². The molecule has 1 saturated carbocycles. The number of aliphatic carboxylic acids is 1. The minimum Gasteiger partial charge on any atom is -0.478 e. The molecule has 0 heterocycles. The van der Waals surface area contributed by atoms with Crippen LogP contribution in [0, 0.1) is 17.7 Å². The zero-order valence-corrected chi connectivity index (χ0v) is 11.8. The van der Waals surface area contributed by atoms with Crippen molar-refractivity contribution in [3.8, 4) is 0 Å². The second-order valence-electron chi connectivity index (χ2n) is 5.41. The van der Waals surface area contributed by atoms with Crippen LogP contribution in [0.15, 0.2) is 24.3 Å². The van der Waals surface area contributed by atoms with Gasteiger partial charge in [0, 0.05) is 23.2 Å². The first kappa shape index (κ1) is 15.2. The van der Waals surface area contributed by atoms with Crippen molar-refractivity contribution < 1.29 is 19.1 Å². The molecule has 21 heavy (non-hydrogen) atoms. The number of hydrogen-bond donors (Lipinski definition) is 2. The lowest BCUT2D eigenvalue weighted by Crippen LogP contribution is -2.24. The van der Waals surface area contributed by atoms with Crippen LogP contribution in [0.5, 0.6) is 0 Å². The molecule has 2 atom stereocenters. The average Bonchev–Trinajstić information content (AvgIpc) is 2.85. The predicted molar refractivity (Wildman–Crippen MR) is 78.2 cm³/mol. The maximum Gasteiger partial charge on any atom is 0.328 e. The molecule has 1 fully saturated rings. The molecule has 0 saturated heterocycles. The molecule has 1 aromatic carbocycles. The van der Waals surface area contributed by atoms with Crippen LogP contribution in [0.3, 0.4) is 0 Å². The van der Waals surface area contributed by atoms with E-state index in [2.05, 4.69) is 12.2 Å². The van der Waals surface area contributed by atoms with Crippen LogP contribution in [-0.2, 0) is 9.59 Å². The van der Waals surface area contributed by atoms with Crippen molar-refractivity contribution in [1.29, 1.82) is 0 Å². The summed E-state index contributed by atoms with van der Waals surface area (Å²) >= 11 is 0. The molecule has 112 valence electrons. The monoisotopic (exact) mass is 291 g/mol. The Kier molecular flexibility index (Phi) is 4.73. The van der Waals surface area contributed by atoms with Crippen molar-refractivity contribution in [3.05, 3.63) is 35.7 Å². The van der Waals surface area contributed by atoms with Gasteiger partial charge in [-0.1, -0.05) is 13.3 Å². The van der Waals surface area contributed by atoms with Crippen molar-refractivity contribution in [2.24, 2.45) is 11.8 Å². The summed E-state index contributed by atoms with van der Waals surface area (Å²) in [5.41, 5.74) is 0.611. The van der Waals surface area contributed by atoms with E-state index in [1.54, 1.807) is 0 Å². The highest BCUT2D eigenvalue weighted by Crippen LogP contribution is 2.32. The summed E-state index contributed by atoms with van der Waals surface area (Å²) in [6.45, 7) is 2.06. The molecule has 2 rings (SSSR count). The minimum absolute atomic E-state index is 0.00642. The van der Waals surface area contributed by atoms with Crippen molar-refractivity contribution in [1.82, 2.24) is 0 Å². The van der Waals surface area contributed by atoms with Crippen LogP contribution >= 0.6 is 0 Å². The second kappa shape index (κ2) is 6.52. The van der Waals surface area contributed by atoms with E-state index in [1.165, 1.54) is 24.3 Å². The standard InChI is InChI=1S/C16H18FNO3/c1-10-3-2-4-13(10)16(21)18-12-6-7-14(17)11(9-12)5-8-15(19)20/h5-10,13H,2-4H2,1H3,(H,18,21)(H,19,20)/b8-5+. The van der Waals surface area contributed by atoms with Gasteiger partial charge in [-0.2, -0.15) is 0 Å². The van der Waals surface area contributed by atoms with Crippen molar-refractivity contribution in [2.75, 3.05) is 5.32 Å². The third-order valence-electron chi connectivity index (χ3n) is 3.87. The molecule has 5 heteroatoms. The van der Waals surface area contributed by atoms with Gasteiger partial charge in [0.2, 0.25) is 5.91 Å². The van der Waals surface area contributed by atoms with E-state index >= 15 is 0 Å². The van der Waals surface area contributed by atoms with Gasteiger partial charge in [0.1, 0.15) is 5.82 Å². The predicted octanol–water partition coefficient (Wildman–Crippen LogP) is 3.30. The van der Waals surface area contributed by atoms with Crippen molar-refractivity contribution in [2.45, 2.75) is 26.2 Å². The molecule has 2 unspecified atom stereocenters. The molecule has 0 radical (unpaired) electrons. The van der Waals surface area contributed by atoms with Gasteiger partial charge in [-0.25, -0.2) is 9.18 Å². The Bertz CT molecular complexity index is 583. The third-order valence-corrected chi connectivity index (χ3v) is 3.87. The zero-order valence-electron chi connectivity index (χ0n) is 11.8. The van der Waals surface area contributed by atoms with Crippen LogP contribution in [-0.4, -0.2) is 17.0 Å². The smallest absolute Gasteiger partial charge is 0.328 e. The van der Waals surface area contributed by atoms with Gasteiger partial charge < -0.3 is 10.4 Å². The number of amides is 1. The quantitative estimate of drug-likeness (QED) is 0.836. The molecule has 1 aliphatic carbocycles. The molecule has 2 N–H and O–H groups in total. The lowest BCUT2D eigenvalue weighted by molar-refractivity contribution is -0.131. The highest BCUT2D eigenvalue weighted by molar-refractivity contribution is 5.93. The minimum atomic E-state index is -1.15. The van der Waals surface area contributed by atoms with Crippen LogP contribution < -0.4 is 5.32 Å². The molecular weight excluding hydrogens is 273 g/mol. The zero-order chi connectivity index (χ0) is 15.4. The fourth-order valence-corrected chi connectivity index (χ4v) is 2.68. The maximum atomic E-state index is 13.6. The lowest BCUT2D eigenvalue weighted by atomic mass is 9.97. The summed E-state index contributed by atoms with van der Waals surface area (Å²) in [7, 11) is 0. The Balaban J connectivity index is 2.11. The van der Waals surface area contributed by atoms with Gasteiger partial charge in [0.05, 0.1) is 0 Å². The summed E-state index contributed by atoms with van der Waals surface area (Å²) in [5.74, 6) is -1.38. The summed E-state index contributed by atoms with van der Waals surface area (Å²) in [6, 6.07) is 4.13. The first-order valence-corrected chi connectivity index (χ1v) is 6.99. The Morgan fingerprint density at radius 2 is 2.14 bits per heavy atom. The number of rotatable bonds is 4. The Morgan fingerprint density at radius 3 is 2.76 bits per heavy atom. The van der Waals surface area contributed by atoms with E-state index in [0.717, 1.165) is 25.3 Å². The Morgan fingerprint density at radius 1 is 1.38 bits per heavy atom. The first-order chi connectivity index (χ1) is 9.97. The molecule has 4 nitrogen and oxygen atoms in total. The normalized spacial score (nSPS) is 21.6. The van der Waals surface area contributed by atoms with Crippen LogP contribution in [0.25, 0.3) is 6.08 Å². The third kappa shape index (κ3) is 3.90. The number of carboxylic acids is 1. The number of halogens is 1. The van der Waals surface area contributed by atoms with Gasteiger partial charge in [-0.05, 0) is 43.0 Å². The SMILES string of the molecule is CC1CCCC1C(=O)Nc1ccc(F)c(/C=C/C(=O)O)c1. The fourth-order valence-electron chi connectivity index (χ4n) is 2.68. The summed E-state index contributed by atoms with van der Waals surface area (Å²) in [5, 5.41) is 11.4. The molecule has 1 aliphatic rings. The molecule has 0 spiro atoms. The number of anilines is 1. The number of carbonyl (C=O) groups excluding carboxylic acids is 1. The van der Waals surface area contributed by atoms with Crippen LogP contribution in [0.1, 0.15) is 31.7 Å². The van der Waals surface area contributed by atoms with Gasteiger partial charge in [0.15, 0.2) is 0 Å². The maximum absolute atomic E-state index is 13.6. The number of hydrogen-bond acceptors (Lipinski definition) is 2. The van der Waals surface area contributed by atoms with Gasteiger partial charge >= 0.3 is 5.97 Å². The molecule has 0 aromatic heterocycles. The molecule has 0 aliphatic heterocycles. The van der Waals surface area contributed by atoms with Crippen LogP contribution in [0.4, 0.5) is 10.1 Å². The lowest BCUT2D eigenvalue weighted by Gasteiger charge is -2.15. The first-order valence-electron chi connectivity index (χ1n) is 6.99. The Hall–Kier alpha value is -2.17. The second-order valence-corrected chi connectivity index (χ2v) is 5.41. The van der Waals surface area contributed by atoms with Crippen molar-refractivity contribution in [3.63, 3.8) is 0 Å². The van der Waals surface area contributed by atoms with Gasteiger partial charge in [0.25, 0.3) is 0 Å². The summed E-state index contributed by atoms with van der Waals surface area (Å²) in [4.78, 5) is 22.6. The molecule has 1 aromatic rings. The highest BCUT2D eigenvalue weighted by Gasteiger charge is 2.29. The number of nitrogens with one attached hydrogen (secondary N) is 1. The van der Waals surface area contributed by atoms with E-state index < -0.39 is 11.8 Å². The largest absolute Gasteiger partial charge is 0.478 e. The highest BCUT2D eigenvalue weighted by atomic mass is 19.1. The molecule has 1 amide bonds. The number of carboxylic acid groups (broad SMARTS) is 1. The van der Waals surface area contributed by atoms with Gasteiger partial charge in [-0.3, -0.25) is 4.79 Å². The van der Waals surface area contributed by atoms with Crippen molar-refractivity contribution >= 4 is 23.6 Å². The van der Waals surface area contributed by atoms with E-state index in [9.17, 15) is 14.0 Å². The van der Waals surface area contributed by atoms with E-state index in [-0.39, 0.29) is 17.4 Å². The fraction of sp³-hybridized carbons (Fsp3) is 0.375. The molecule has 0 bridgehead atoms. The number of benzene rings is 1. The summed E-state index contributed by atoms with van der Waals surface area (Å²) < 4.78 is 13.6. The Labute approximate surface area is 122 Å². The van der Waals surface area contributed by atoms with E-state index in [4.69, 9.17) is 5.11 Å². The average molecular weight is 291 g/mol. The van der Waals surface area contributed by atoms with Crippen LogP contribution in [0.2, 0.25) is 0 Å². The number of carbonyl (C=O) groups is 2.